The molecule has 0 amide bonds. The lowest BCUT2D eigenvalue weighted by molar-refractivity contribution is 0.0875. The minimum absolute atomic E-state index is 0.0770. The highest BCUT2D eigenvalue weighted by molar-refractivity contribution is 6.16. The van der Waals surface area contributed by atoms with Crippen LogP contribution in [0.25, 0.3) is 29.3 Å². The van der Waals surface area contributed by atoms with Crippen molar-refractivity contribution in [3.05, 3.63) is 186 Å². The third-order valence-corrected chi connectivity index (χ3v) is 9.30. The fraction of sp³-hybridized carbons (Fsp3) is 0.0930. The van der Waals surface area contributed by atoms with Gasteiger partial charge in [-0.05, 0) is 47.0 Å². The number of hydrogen-bond acceptors (Lipinski definition) is 3. The molecule has 0 fully saturated rings. The molecule has 228 valence electrons. The number of nitrogens with zero attached hydrogens (tertiary/aromatic N) is 2. The van der Waals surface area contributed by atoms with E-state index < -0.39 is 5.54 Å². The molecule has 47 heavy (non-hydrogen) atoms. The van der Waals surface area contributed by atoms with E-state index in [9.17, 15) is 0 Å². The molecule has 0 radical (unpaired) electrons. The van der Waals surface area contributed by atoms with Gasteiger partial charge in [-0.3, -0.25) is 4.79 Å². The SMILES string of the molecule is O=C1c2ccccc2N(C/C=C/c2ccccc2)C12c1c(OC/C=C/c3ccccc3)c3ccccc3n1C=CC2c1ccccc1. The first-order chi connectivity index (χ1) is 23.3. The maximum atomic E-state index is 15.3. The summed E-state index contributed by atoms with van der Waals surface area (Å²) >= 11 is 0. The van der Waals surface area contributed by atoms with Crippen LogP contribution in [0.3, 0.4) is 0 Å². The maximum absolute atomic E-state index is 15.3. The van der Waals surface area contributed by atoms with Crippen LogP contribution in [0.4, 0.5) is 5.69 Å². The average Bonchev–Trinajstić information content (AvgIpc) is 3.58. The van der Waals surface area contributed by atoms with Crippen LogP contribution < -0.4 is 9.64 Å². The van der Waals surface area contributed by atoms with Gasteiger partial charge in [-0.1, -0.05) is 140 Å². The molecule has 0 saturated heterocycles. The number of hydrogen-bond donors (Lipinski definition) is 0. The van der Waals surface area contributed by atoms with Gasteiger partial charge in [-0.25, -0.2) is 0 Å². The fourth-order valence-corrected chi connectivity index (χ4v) is 7.31. The maximum Gasteiger partial charge on any atom is 0.197 e. The van der Waals surface area contributed by atoms with Crippen molar-refractivity contribution in [2.45, 2.75) is 11.5 Å². The number of benzene rings is 5. The lowest BCUT2D eigenvalue weighted by Crippen LogP contribution is -2.54. The highest BCUT2D eigenvalue weighted by Gasteiger charge is 2.60. The quantitative estimate of drug-likeness (QED) is 0.172. The Morgan fingerprint density at radius 2 is 1.30 bits per heavy atom. The second-order valence-corrected chi connectivity index (χ2v) is 12.0. The normalized spacial score (nSPS) is 18.4. The van der Waals surface area contributed by atoms with Gasteiger partial charge < -0.3 is 14.2 Å². The van der Waals surface area contributed by atoms with Crippen molar-refractivity contribution >= 4 is 40.7 Å². The van der Waals surface area contributed by atoms with Gasteiger partial charge in [0.15, 0.2) is 17.1 Å². The number of ketones is 1. The van der Waals surface area contributed by atoms with Crippen molar-refractivity contribution < 1.29 is 9.53 Å². The van der Waals surface area contributed by atoms with E-state index in [-0.39, 0.29) is 11.7 Å². The Bertz CT molecular complexity index is 2140. The van der Waals surface area contributed by atoms with Gasteiger partial charge in [0.1, 0.15) is 12.3 Å². The molecule has 1 spiro atoms. The summed E-state index contributed by atoms with van der Waals surface area (Å²) in [6.07, 6.45) is 12.7. The number of anilines is 1. The minimum atomic E-state index is -1.10. The Kier molecular flexibility index (Phi) is 7.39. The molecule has 4 nitrogen and oxygen atoms in total. The van der Waals surface area contributed by atoms with Crippen molar-refractivity contribution in [1.29, 1.82) is 0 Å². The predicted molar refractivity (Wildman–Crippen MR) is 193 cm³/mol. The van der Waals surface area contributed by atoms with Crippen LogP contribution >= 0.6 is 0 Å². The van der Waals surface area contributed by atoms with Crippen molar-refractivity contribution in [2.75, 3.05) is 18.1 Å². The molecule has 4 heteroatoms. The number of carbonyl (C=O) groups is 1. The van der Waals surface area contributed by atoms with E-state index in [1.165, 1.54) is 0 Å². The highest BCUT2D eigenvalue weighted by Crippen LogP contribution is 2.58. The van der Waals surface area contributed by atoms with Crippen LogP contribution in [0.1, 0.15) is 38.7 Å². The van der Waals surface area contributed by atoms with Gasteiger partial charge in [0, 0.05) is 35.3 Å². The number of Topliss-reactive ketones (excluding diaryl/α,β-unsaturated/α-hetero) is 1. The summed E-state index contributed by atoms with van der Waals surface area (Å²) in [7, 11) is 0. The molecule has 1 aromatic heterocycles. The molecular formula is C43H34N2O2. The van der Waals surface area contributed by atoms with Crippen LogP contribution in [0.2, 0.25) is 0 Å². The van der Waals surface area contributed by atoms with Crippen LogP contribution in [0.5, 0.6) is 5.75 Å². The van der Waals surface area contributed by atoms with Crippen LogP contribution in [0, 0.1) is 0 Å². The van der Waals surface area contributed by atoms with E-state index in [2.05, 4.69) is 107 Å². The zero-order chi connectivity index (χ0) is 31.6. The Labute approximate surface area is 275 Å². The summed E-state index contributed by atoms with van der Waals surface area (Å²) in [5, 5.41) is 0.983. The number of ether oxygens (including phenoxy) is 1. The summed E-state index contributed by atoms with van der Waals surface area (Å²) in [6, 6.07) is 47.3. The van der Waals surface area contributed by atoms with Crippen molar-refractivity contribution in [2.24, 2.45) is 0 Å². The third-order valence-electron chi connectivity index (χ3n) is 9.30. The summed E-state index contributed by atoms with van der Waals surface area (Å²) in [5.74, 6) is 0.544. The molecule has 2 aliphatic rings. The summed E-state index contributed by atoms with van der Waals surface area (Å²) in [5.41, 5.74) is 5.73. The average molecular weight is 611 g/mol. The highest BCUT2D eigenvalue weighted by atomic mass is 16.5. The largest absolute Gasteiger partial charge is 0.487 e. The first-order valence-electron chi connectivity index (χ1n) is 16.1. The number of para-hydroxylation sites is 2. The van der Waals surface area contributed by atoms with Crippen molar-refractivity contribution in [1.82, 2.24) is 4.57 Å². The molecule has 0 N–H and O–H groups in total. The van der Waals surface area contributed by atoms with Crippen LogP contribution in [-0.2, 0) is 5.54 Å². The molecule has 5 aromatic carbocycles. The summed E-state index contributed by atoms with van der Waals surface area (Å²) in [4.78, 5) is 17.6. The zero-order valence-electron chi connectivity index (χ0n) is 25.9. The van der Waals surface area contributed by atoms with E-state index in [4.69, 9.17) is 4.74 Å². The second-order valence-electron chi connectivity index (χ2n) is 12.0. The van der Waals surface area contributed by atoms with E-state index in [1.54, 1.807) is 0 Å². The molecule has 3 heterocycles. The molecule has 2 aliphatic heterocycles. The standard InChI is InChI=1S/C43H34N2O2/c46-42-36-25-11-13-27-39(36)45(29-14-20-32-16-4-1-5-17-32)43(42)37(34-22-8-3-9-23-34)28-30-44-38-26-12-10-24-35(38)40(41(43)44)47-31-15-21-33-18-6-2-7-19-33/h1-28,30,37H,29,31H2/b20-14+,21-15+. The lowest BCUT2D eigenvalue weighted by atomic mass is 9.71. The molecule has 0 saturated carbocycles. The van der Waals surface area contributed by atoms with Crippen LogP contribution in [0.15, 0.2) is 158 Å². The van der Waals surface area contributed by atoms with Crippen molar-refractivity contribution in [3.8, 4) is 5.75 Å². The molecule has 0 aliphatic carbocycles. The van der Waals surface area contributed by atoms with E-state index in [0.717, 1.165) is 50.3 Å². The van der Waals surface area contributed by atoms with E-state index in [1.807, 2.05) is 78.9 Å². The van der Waals surface area contributed by atoms with Gasteiger partial charge >= 0.3 is 0 Å². The molecule has 6 aromatic rings. The molecule has 2 unspecified atom stereocenters. The number of rotatable bonds is 8. The number of fused-ring (bicyclic) bond motifs is 5. The lowest BCUT2D eigenvalue weighted by Gasteiger charge is -2.45. The Morgan fingerprint density at radius 1 is 0.681 bits per heavy atom. The monoisotopic (exact) mass is 610 g/mol. The molecular weight excluding hydrogens is 576 g/mol. The molecule has 0 bridgehead atoms. The topological polar surface area (TPSA) is 34.5 Å². The van der Waals surface area contributed by atoms with E-state index in [0.29, 0.717) is 13.2 Å². The first-order valence-corrected chi connectivity index (χ1v) is 16.1. The van der Waals surface area contributed by atoms with Gasteiger partial charge in [-0.2, -0.15) is 0 Å². The smallest absolute Gasteiger partial charge is 0.197 e. The van der Waals surface area contributed by atoms with Gasteiger partial charge in [-0.15, -0.1) is 0 Å². The Balaban J connectivity index is 1.34. The van der Waals surface area contributed by atoms with Crippen LogP contribution in [-0.4, -0.2) is 23.5 Å². The molecule has 2 atom stereocenters. The fourth-order valence-electron chi connectivity index (χ4n) is 7.31. The first kappa shape index (κ1) is 28.6. The minimum Gasteiger partial charge on any atom is -0.487 e. The third kappa shape index (κ3) is 4.81. The van der Waals surface area contributed by atoms with E-state index >= 15 is 4.79 Å². The number of aromatic nitrogens is 1. The summed E-state index contributed by atoms with van der Waals surface area (Å²) in [6.45, 7) is 0.893. The molecule has 8 rings (SSSR count). The van der Waals surface area contributed by atoms with Crippen molar-refractivity contribution in [3.63, 3.8) is 0 Å². The Morgan fingerprint density at radius 3 is 2.04 bits per heavy atom. The zero-order valence-corrected chi connectivity index (χ0v) is 25.9. The summed E-state index contributed by atoms with van der Waals surface area (Å²) < 4.78 is 8.96. The van der Waals surface area contributed by atoms with Gasteiger partial charge in [0.2, 0.25) is 0 Å². The second kappa shape index (κ2) is 12.1. The van der Waals surface area contributed by atoms with Gasteiger partial charge in [0.25, 0.3) is 0 Å². The number of carbonyl (C=O) groups excluding carboxylic acids is 1. The van der Waals surface area contributed by atoms with Gasteiger partial charge in [0.05, 0.1) is 5.52 Å². The predicted octanol–water partition coefficient (Wildman–Crippen LogP) is 9.61. The Hall–Kier alpha value is -5.87.